The lowest BCUT2D eigenvalue weighted by atomic mass is 9.94. The number of aromatic nitrogens is 3. The van der Waals surface area contributed by atoms with Gasteiger partial charge in [0.15, 0.2) is 0 Å². The topological polar surface area (TPSA) is 62.2 Å². The molecule has 1 amide bonds. The number of nitrogens with zero attached hydrogens (tertiary/aromatic N) is 5. The second-order valence-corrected chi connectivity index (χ2v) is 10.2. The van der Waals surface area contributed by atoms with Gasteiger partial charge in [0.2, 0.25) is 5.91 Å². The average molecular weight is 448 g/mol. The van der Waals surface area contributed by atoms with E-state index in [1.165, 1.54) is 31.2 Å². The fourth-order valence-corrected chi connectivity index (χ4v) is 5.91. The molecule has 0 N–H and O–H groups in total. The molecule has 1 saturated heterocycles. The van der Waals surface area contributed by atoms with Crippen LogP contribution in [0.1, 0.15) is 80.1 Å². The highest BCUT2D eigenvalue weighted by Gasteiger charge is 2.30. The van der Waals surface area contributed by atoms with Gasteiger partial charge >= 0.3 is 0 Å². The largest absolute Gasteiger partial charge is 0.356 e. The summed E-state index contributed by atoms with van der Waals surface area (Å²) in [7, 11) is 0. The Labute approximate surface area is 197 Å². The van der Waals surface area contributed by atoms with E-state index >= 15 is 0 Å². The van der Waals surface area contributed by atoms with Gasteiger partial charge in [0, 0.05) is 68.1 Å². The number of hydrogen-bond acceptors (Lipinski definition) is 5. The maximum atomic E-state index is 13.0. The van der Waals surface area contributed by atoms with Gasteiger partial charge in [-0.25, -0.2) is 9.97 Å². The normalized spacial score (nSPS) is 21.3. The summed E-state index contributed by atoms with van der Waals surface area (Å²) in [4.78, 5) is 32.1. The number of anilines is 1. The minimum absolute atomic E-state index is 0.245. The molecule has 33 heavy (non-hydrogen) atoms. The van der Waals surface area contributed by atoms with Crippen LogP contribution < -0.4 is 4.90 Å². The molecule has 2 fully saturated rings. The van der Waals surface area contributed by atoms with Crippen molar-refractivity contribution in [2.24, 2.45) is 5.92 Å². The van der Waals surface area contributed by atoms with E-state index in [1.807, 2.05) is 12.3 Å². The van der Waals surface area contributed by atoms with Crippen LogP contribution in [0.4, 0.5) is 5.82 Å². The third-order valence-electron chi connectivity index (χ3n) is 7.80. The second kappa shape index (κ2) is 10.2. The van der Waals surface area contributed by atoms with Crippen LogP contribution in [-0.2, 0) is 17.6 Å². The van der Waals surface area contributed by atoms with E-state index in [9.17, 15) is 4.79 Å². The minimum atomic E-state index is 0.245. The van der Waals surface area contributed by atoms with Crippen LogP contribution in [0.25, 0.3) is 0 Å². The van der Waals surface area contributed by atoms with Gasteiger partial charge in [-0.2, -0.15) is 0 Å². The number of amides is 1. The van der Waals surface area contributed by atoms with Crippen molar-refractivity contribution in [2.45, 2.75) is 77.0 Å². The molecule has 0 aromatic carbocycles. The molecule has 1 atom stereocenters. The maximum absolute atomic E-state index is 13.0. The van der Waals surface area contributed by atoms with Gasteiger partial charge in [-0.3, -0.25) is 9.78 Å². The van der Waals surface area contributed by atoms with Crippen molar-refractivity contribution in [3.8, 4) is 0 Å². The summed E-state index contributed by atoms with van der Waals surface area (Å²) < 4.78 is 0. The first kappa shape index (κ1) is 22.3. The minimum Gasteiger partial charge on any atom is -0.356 e. The van der Waals surface area contributed by atoms with Crippen LogP contribution in [-0.4, -0.2) is 51.9 Å². The van der Waals surface area contributed by atoms with Crippen LogP contribution in [0, 0.1) is 12.8 Å². The van der Waals surface area contributed by atoms with Crippen LogP contribution in [0.3, 0.4) is 0 Å². The van der Waals surface area contributed by atoms with Gasteiger partial charge in [-0.1, -0.05) is 18.9 Å². The van der Waals surface area contributed by atoms with Crippen molar-refractivity contribution in [1.29, 1.82) is 0 Å². The maximum Gasteiger partial charge on any atom is 0.222 e. The van der Waals surface area contributed by atoms with E-state index in [1.54, 1.807) is 0 Å². The first-order valence-electron chi connectivity index (χ1n) is 13.0. The molecule has 4 heterocycles. The summed E-state index contributed by atoms with van der Waals surface area (Å²) in [6.07, 6.45) is 12.9. The lowest BCUT2D eigenvalue weighted by Gasteiger charge is -2.35. The summed E-state index contributed by atoms with van der Waals surface area (Å²) in [5.41, 5.74) is 3.54. The standard InChI is InChI=1S/C27H37N5O/c1-20-24-12-7-15-31(17-13-23-11-4-5-14-28-23)27(24)30-26(29-20)22-10-6-16-32(19-22)25(33)18-21-8-2-3-9-21/h4-5,11,14,21-22H,2-3,6-10,12-13,15-19H2,1H3. The first-order valence-corrected chi connectivity index (χ1v) is 13.0. The number of likely N-dealkylation sites (tertiary alicyclic amines) is 1. The number of hydrogen-bond donors (Lipinski definition) is 0. The van der Waals surface area contributed by atoms with Crippen molar-refractivity contribution >= 4 is 11.7 Å². The van der Waals surface area contributed by atoms with E-state index in [-0.39, 0.29) is 5.92 Å². The molecule has 0 radical (unpaired) electrons. The monoisotopic (exact) mass is 447 g/mol. The number of rotatable bonds is 6. The van der Waals surface area contributed by atoms with Crippen molar-refractivity contribution in [2.75, 3.05) is 31.1 Å². The zero-order chi connectivity index (χ0) is 22.6. The van der Waals surface area contributed by atoms with Gasteiger partial charge in [-0.05, 0) is 63.5 Å². The Morgan fingerprint density at radius 1 is 1.06 bits per heavy atom. The van der Waals surface area contributed by atoms with Gasteiger partial charge in [0.1, 0.15) is 11.6 Å². The SMILES string of the molecule is Cc1nc(C2CCCN(C(=O)CC3CCCC3)C2)nc2c1CCCN2CCc1ccccn1. The molecule has 6 nitrogen and oxygen atoms in total. The summed E-state index contributed by atoms with van der Waals surface area (Å²) in [6, 6.07) is 6.12. The van der Waals surface area contributed by atoms with Gasteiger partial charge in [0.05, 0.1) is 0 Å². The number of pyridine rings is 1. The number of carbonyl (C=O) groups excluding carboxylic acids is 1. The smallest absolute Gasteiger partial charge is 0.222 e. The molecule has 2 aromatic heterocycles. The van der Waals surface area contributed by atoms with E-state index in [4.69, 9.17) is 9.97 Å². The molecule has 176 valence electrons. The van der Waals surface area contributed by atoms with Gasteiger partial charge in [-0.15, -0.1) is 0 Å². The number of carbonyl (C=O) groups is 1. The Balaban J connectivity index is 1.30. The Kier molecular flexibility index (Phi) is 6.88. The average Bonchev–Trinajstić information content (AvgIpc) is 3.36. The Morgan fingerprint density at radius 3 is 2.76 bits per heavy atom. The number of fused-ring (bicyclic) bond motifs is 1. The highest BCUT2D eigenvalue weighted by atomic mass is 16.2. The summed E-state index contributed by atoms with van der Waals surface area (Å²) in [5, 5.41) is 0. The predicted octanol–water partition coefficient (Wildman–Crippen LogP) is 4.46. The Morgan fingerprint density at radius 2 is 1.94 bits per heavy atom. The highest BCUT2D eigenvalue weighted by Crippen LogP contribution is 2.33. The van der Waals surface area contributed by atoms with E-state index in [2.05, 4.69) is 33.8 Å². The molecule has 1 saturated carbocycles. The van der Waals surface area contributed by atoms with Crippen LogP contribution in [0.5, 0.6) is 0 Å². The third-order valence-corrected chi connectivity index (χ3v) is 7.80. The summed E-state index contributed by atoms with van der Waals surface area (Å²) in [5.74, 6) is 3.25. The fraction of sp³-hybridized carbons (Fsp3) is 0.630. The summed E-state index contributed by atoms with van der Waals surface area (Å²) in [6.45, 7) is 5.76. The highest BCUT2D eigenvalue weighted by molar-refractivity contribution is 5.76. The number of piperidine rings is 1. The Bertz CT molecular complexity index is 956. The van der Waals surface area contributed by atoms with E-state index < -0.39 is 0 Å². The molecular weight excluding hydrogens is 410 g/mol. The Hall–Kier alpha value is -2.50. The van der Waals surface area contributed by atoms with E-state index in [0.717, 1.165) is 87.7 Å². The predicted molar refractivity (Wildman–Crippen MR) is 130 cm³/mol. The van der Waals surface area contributed by atoms with Crippen molar-refractivity contribution < 1.29 is 4.79 Å². The first-order chi connectivity index (χ1) is 16.2. The molecule has 3 aliphatic rings. The molecule has 1 unspecified atom stereocenters. The number of aryl methyl sites for hydroxylation is 1. The van der Waals surface area contributed by atoms with Crippen LogP contribution >= 0.6 is 0 Å². The molecule has 1 aliphatic carbocycles. The lowest BCUT2D eigenvalue weighted by Crippen LogP contribution is -2.40. The van der Waals surface area contributed by atoms with Crippen molar-refractivity contribution in [1.82, 2.24) is 19.9 Å². The molecule has 2 aromatic rings. The van der Waals surface area contributed by atoms with Crippen molar-refractivity contribution in [3.63, 3.8) is 0 Å². The molecular formula is C27H37N5O. The molecule has 6 heteroatoms. The quantitative estimate of drug-likeness (QED) is 0.654. The van der Waals surface area contributed by atoms with Crippen LogP contribution in [0.15, 0.2) is 24.4 Å². The fourth-order valence-electron chi connectivity index (χ4n) is 5.91. The lowest BCUT2D eigenvalue weighted by molar-refractivity contribution is -0.133. The van der Waals surface area contributed by atoms with Crippen molar-refractivity contribution in [3.05, 3.63) is 47.2 Å². The zero-order valence-electron chi connectivity index (χ0n) is 20.0. The van der Waals surface area contributed by atoms with Crippen LogP contribution in [0.2, 0.25) is 0 Å². The third kappa shape index (κ3) is 5.20. The van der Waals surface area contributed by atoms with E-state index in [0.29, 0.717) is 11.8 Å². The van der Waals surface area contributed by atoms with Gasteiger partial charge < -0.3 is 9.80 Å². The molecule has 0 bridgehead atoms. The molecule has 2 aliphatic heterocycles. The van der Waals surface area contributed by atoms with Gasteiger partial charge in [0.25, 0.3) is 0 Å². The molecule has 5 rings (SSSR count). The zero-order valence-corrected chi connectivity index (χ0v) is 20.0. The summed E-state index contributed by atoms with van der Waals surface area (Å²) >= 11 is 0. The second-order valence-electron chi connectivity index (χ2n) is 10.2. The molecule has 0 spiro atoms.